The Hall–Kier alpha value is -1.88. The van der Waals surface area contributed by atoms with Crippen LogP contribution < -0.4 is 5.32 Å². The van der Waals surface area contributed by atoms with E-state index < -0.39 is 11.7 Å². The number of rotatable bonds is 7. The highest BCUT2D eigenvalue weighted by Gasteiger charge is 2.29. The van der Waals surface area contributed by atoms with Gasteiger partial charge < -0.3 is 5.32 Å². The Morgan fingerprint density at radius 1 is 1.00 bits per heavy atom. The molecule has 0 aliphatic heterocycles. The fourth-order valence-electron chi connectivity index (χ4n) is 2.45. The second-order valence-electron chi connectivity index (χ2n) is 5.71. The van der Waals surface area contributed by atoms with Gasteiger partial charge in [0.25, 0.3) is 0 Å². The van der Waals surface area contributed by atoms with Gasteiger partial charge in [-0.1, -0.05) is 12.1 Å². The first-order chi connectivity index (χ1) is 10.9. The third kappa shape index (κ3) is 6.02. The molecule has 0 bridgehead atoms. The number of halogens is 3. The predicted octanol–water partition coefficient (Wildman–Crippen LogP) is 4.25. The van der Waals surface area contributed by atoms with Crippen molar-refractivity contribution in [2.45, 2.75) is 38.4 Å². The molecule has 1 heterocycles. The van der Waals surface area contributed by atoms with Crippen LogP contribution in [0.5, 0.6) is 0 Å². The SMILES string of the molecule is CC(Cc1ccc(C(F)(F)F)cc1)NCCCc1ccncc1. The molecule has 1 aromatic carbocycles. The molecule has 0 saturated carbocycles. The first kappa shape index (κ1) is 17.5. The summed E-state index contributed by atoms with van der Waals surface area (Å²) in [6.45, 7) is 2.92. The van der Waals surface area contributed by atoms with Crippen LogP contribution in [0.15, 0.2) is 48.8 Å². The molecule has 124 valence electrons. The molecule has 2 aromatic rings. The maximum atomic E-state index is 12.5. The summed E-state index contributed by atoms with van der Waals surface area (Å²) in [5, 5.41) is 3.41. The third-order valence-electron chi connectivity index (χ3n) is 3.71. The summed E-state index contributed by atoms with van der Waals surface area (Å²) in [4.78, 5) is 3.98. The minimum absolute atomic E-state index is 0.226. The maximum Gasteiger partial charge on any atom is 0.416 e. The molecule has 0 amide bonds. The number of nitrogens with one attached hydrogen (secondary N) is 1. The molecular formula is C18H21F3N2. The molecule has 2 nitrogen and oxygen atoms in total. The average molecular weight is 322 g/mol. The summed E-state index contributed by atoms with van der Waals surface area (Å²) in [5.74, 6) is 0. The number of aromatic nitrogens is 1. The summed E-state index contributed by atoms with van der Waals surface area (Å²) in [7, 11) is 0. The Bertz CT molecular complexity index is 579. The number of pyridine rings is 1. The lowest BCUT2D eigenvalue weighted by atomic mass is 10.0. The van der Waals surface area contributed by atoms with E-state index in [1.807, 2.05) is 19.1 Å². The fourth-order valence-corrected chi connectivity index (χ4v) is 2.45. The van der Waals surface area contributed by atoms with Crippen molar-refractivity contribution >= 4 is 0 Å². The summed E-state index contributed by atoms with van der Waals surface area (Å²) >= 11 is 0. The molecule has 0 aliphatic rings. The van der Waals surface area contributed by atoms with Gasteiger partial charge in [0.2, 0.25) is 0 Å². The van der Waals surface area contributed by atoms with E-state index in [1.165, 1.54) is 5.56 Å². The fraction of sp³-hybridized carbons (Fsp3) is 0.389. The molecule has 1 N–H and O–H groups in total. The smallest absolute Gasteiger partial charge is 0.314 e. The number of aryl methyl sites for hydroxylation is 1. The van der Waals surface area contributed by atoms with E-state index in [-0.39, 0.29) is 6.04 Å². The first-order valence-electron chi connectivity index (χ1n) is 7.73. The molecular weight excluding hydrogens is 301 g/mol. The van der Waals surface area contributed by atoms with Crippen molar-refractivity contribution in [3.63, 3.8) is 0 Å². The number of hydrogen-bond donors (Lipinski definition) is 1. The summed E-state index contributed by atoms with van der Waals surface area (Å²) in [6.07, 6.45) is 2.03. The van der Waals surface area contributed by atoms with Crippen molar-refractivity contribution in [3.8, 4) is 0 Å². The Morgan fingerprint density at radius 2 is 1.65 bits per heavy atom. The Labute approximate surface area is 134 Å². The highest BCUT2D eigenvalue weighted by molar-refractivity contribution is 5.25. The van der Waals surface area contributed by atoms with Crippen LogP contribution in [0.25, 0.3) is 0 Å². The van der Waals surface area contributed by atoms with Crippen molar-refractivity contribution in [2.75, 3.05) is 6.54 Å². The topological polar surface area (TPSA) is 24.9 Å². The van der Waals surface area contributed by atoms with Gasteiger partial charge in [0, 0.05) is 18.4 Å². The monoisotopic (exact) mass is 322 g/mol. The Balaban J connectivity index is 1.71. The van der Waals surface area contributed by atoms with Crippen molar-refractivity contribution < 1.29 is 13.2 Å². The molecule has 5 heteroatoms. The van der Waals surface area contributed by atoms with Crippen LogP contribution >= 0.6 is 0 Å². The zero-order valence-corrected chi connectivity index (χ0v) is 13.1. The van der Waals surface area contributed by atoms with Crippen LogP contribution in [-0.4, -0.2) is 17.6 Å². The summed E-state index contributed by atoms with van der Waals surface area (Å²) in [6, 6.07) is 9.63. The van der Waals surface area contributed by atoms with E-state index in [1.54, 1.807) is 24.5 Å². The lowest BCUT2D eigenvalue weighted by molar-refractivity contribution is -0.137. The van der Waals surface area contributed by atoms with Crippen LogP contribution in [0.3, 0.4) is 0 Å². The normalized spacial score (nSPS) is 13.0. The first-order valence-corrected chi connectivity index (χ1v) is 7.73. The lowest BCUT2D eigenvalue weighted by Crippen LogP contribution is -2.29. The van der Waals surface area contributed by atoms with Gasteiger partial charge >= 0.3 is 6.18 Å². The van der Waals surface area contributed by atoms with Crippen molar-refractivity contribution in [3.05, 3.63) is 65.5 Å². The highest BCUT2D eigenvalue weighted by Crippen LogP contribution is 2.29. The zero-order valence-electron chi connectivity index (χ0n) is 13.1. The van der Waals surface area contributed by atoms with E-state index >= 15 is 0 Å². The van der Waals surface area contributed by atoms with E-state index in [9.17, 15) is 13.2 Å². The van der Waals surface area contributed by atoms with E-state index in [2.05, 4.69) is 10.3 Å². The van der Waals surface area contributed by atoms with Crippen LogP contribution in [-0.2, 0) is 19.0 Å². The second kappa shape index (κ2) is 8.11. The number of alkyl halides is 3. The highest BCUT2D eigenvalue weighted by atomic mass is 19.4. The molecule has 1 atom stereocenters. The minimum Gasteiger partial charge on any atom is -0.314 e. The average Bonchev–Trinajstić information content (AvgIpc) is 2.52. The van der Waals surface area contributed by atoms with Gasteiger partial charge in [-0.2, -0.15) is 13.2 Å². The van der Waals surface area contributed by atoms with Crippen LogP contribution in [0, 0.1) is 0 Å². The Kier molecular flexibility index (Phi) is 6.16. The van der Waals surface area contributed by atoms with E-state index in [4.69, 9.17) is 0 Å². The third-order valence-corrected chi connectivity index (χ3v) is 3.71. The quantitative estimate of drug-likeness (QED) is 0.771. The molecule has 0 saturated heterocycles. The van der Waals surface area contributed by atoms with Gasteiger partial charge in [-0.15, -0.1) is 0 Å². The second-order valence-corrected chi connectivity index (χ2v) is 5.71. The number of nitrogens with zero attached hydrogens (tertiary/aromatic N) is 1. The standard InChI is InChI=1S/C18H21F3N2/c1-14(23-10-2-3-15-8-11-22-12-9-15)13-16-4-6-17(7-5-16)18(19,20)21/h4-9,11-12,14,23H,2-3,10,13H2,1H3. The van der Waals surface area contributed by atoms with Crippen molar-refractivity contribution in [1.82, 2.24) is 10.3 Å². The summed E-state index contributed by atoms with van der Waals surface area (Å²) in [5.41, 5.74) is 1.57. The van der Waals surface area contributed by atoms with E-state index in [0.29, 0.717) is 6.42 Å². The molecule has 23 heavy (non-hydrogen) atoms. The van der Waals surface area contributed by atoms with Gasteiger partial charge in [0.15, 0.2) is 0 Å². The van der Waals surface area contributed by atoms with Gasteiger partial charge in [-0.3, -0.25) is 4.98 Å². The van der Waals surface area contributed by atoms with Gasteiger partial charge in [-0.05, 0) is 68.1 Å². The van der Waals surface area contributed by atoms with E-state index in [0.717, 1.165) is 37.1 Å². The van der Waals surface area contributed by atoms with Gasteiger partial charge in [0.05, 0.1) is 5.56 Å². The summed E-state index contributed by atoms with van der Waals surface area (Å²) < 4.78 is 37.5. The Morgan fingerprint density at radius 3 is 2.26 bits per heavy atom. The zero-order chi connectivity index (χ0) is 16.7. The van der Waals surface area contributed by atoms with Crippen LogP contribution in [0.1, 0.15) is 30.0 Å². The number of hydrogen-bond acceptors (Lipinski definition) is 2. The molecule has 0 radical (unpaired) electrons. The lowest BCUT2D eigenvalue weighted by Gasteiger charge is -2.14. The molecule has 0 fully saturated rings. The molecule has 0 spiro atoms. The van der Waals surface area contributed by atoms with Crippen molar-refractivity contribution in [2.24, 2.45) is 0 Å². The molecule has 2 rings (SSSR count). The predicted molar refractivity (Wildman–Crippen MR) is 85.2 cm³/mol. The van der Waals surface area contributed by atoms with Crippen molar-refractivity contribution in [1.29, 1.82) is 0 Å². The minimum atomic E-state index is -4.27. The van der Waals surface area contributed by atoms with Crippen LogP contribution in [0.2, 0.25) is 0 Å². The largest absolute Gasteiger partial charge is 0.416 e. The number of benzene rings is 1. The van der Waals surface area contributed by atoms with Crippen LogP contribution in [0.4, 0.5) is 13.2 Å². The van der Waals surface area contributed by atoms with Gasteiger partial charge in [0.1, 0.15) is 0 Å². The van der Waals surface area contributed by atoms with Gasteiger partial charge in [-0.25, -0.2) is 0 Å². The molecule has 1 unspecified atom stereocenters. The molecule has 0 aliphatic carbocycles. The molecule has 1 aromatic heterocycles. The maximum absolute atomic E-state index is 12.5.